The van der Waals surface area contributed by atoms with Crippen molar-refractivity contribution in [3.05, 3.63) is 71.8 Å². The number of benzene rings is 2. The Hall–Kier alpha value is -2.78. The summed E-state index contributed by atoms with van der Waals surface area (Å²) in [6, 6.07) is 18.9. The highest BCUT2D eigenvalue weighted by Crippen LogP contribution is 2.37. The molecule has 170 valence electrons. The molecular weight excluding hydrogens is 416 g/mol. The van der Waals surface area contributed by atoms with Gasteiger partial charge < -0.3 is 28.4 Å². The second-order valence-electron chi connectivity index (χ2n) is 7.66. The Morgan fingerprint density at radius 2 is 1.50 bits per heavy atom. The van der Waals surface area contributed by atoms with E-state index in [2.05, 4.69) is 0 Å². The maximum absolute atomic E-state index is 11.9. The number of carbonyl (C=O) groups excluding carboxylic acids is 2. The summed E-state index contributed by atoms with van der Waals surface area (Å²) in [7, 11) is 0. The van der Waals surface area contributed by atoms with Crippen molar-refractivity contribution >= 4 is 11.9 Å². The Balaban J connectivity index is 1.57. The lowest BCUT2D eigenvalue weighted by atomic mass is 9.97. The number of rotatable bonds is 6. The summed E-state index contributed by atoms with van der Waals surface area (Å²) in [5.74, 6) is -1.07. The Labute approximate surface area is 186 Å². The average Bonchev–Trinajstić information content (AvgIpc) is 2.80. The van der Waals surface area contributed by atoms with Crippen molar-refractivity contribution in [1.82, 2.24) is 0 Å². The van der Waals surface area contributed by atoms with Crippen LogP contribution in [0.4, 0.5) is 0 Å². The Kier molecular flexibility index (Phi) is 7.16. The number of fused-ring (bicyclic) bond motifs is 1. The highest BCUT2D eigenvalue weighted by molar-refractivity contribution is 5.67. The molecule has 0 N–H and O–H groups in total. The Morgan fingerprint density at radius 3 is 2.16 bits per heavy atom. The summed E-state index contributed by atoms with van der Waals surface area (Å²) in [4.78, 5) is 23.8. The number of hydrogen-bond acceptors (Lipinski definition) is 8. The maximum atomic E-state index is 11.9. The number of esters is 2. The third-order valence-corrected chi connectivity index (χ3v) is 5.22. The topological polar surface area (TPSA) is 89.5 Å². The molecule has 8 heteroatoms. The minimum atomic E-state index is -1.00. The van der Waals surface area contributed by atoms with Crippen LogP contribution >= 0.6 is 0 Å². The van der Waals surface area contributed by atoms with Gasteiger partial charge in [-0.2, -0.15) is 0 Å². The molecule has 0 spiro atoms. The SMILES string of the molecule is CC(=O)O[C@H]1[C@H](OC(C)=O)[C@H](OCc2ccccc2)O[C@@H]2CO[C@H](c3ccccc3)O[C@H]12. The van der Waals surface area contributed by atoms with E-state index in [-0.39, 0.29) is 13.2 Å². The monoisotopic (exact) mass is 442 g/mol. The first kappa shape index (κ1) is 22.4. The smallest absolute Gasteiger partial charge is 0.303 e. The van der Waals surface area contributed by atoms with Gasteiger partial charge in [-0.3, -0.25) is 9.59 Å². The lowest BCUT2D eigenvalue weighted by molar-refractivity contribution is -0.363. The van der Waals surface area contributed by atoms with Gasteiger partial charge in [0.15, 0.2) is 24.8 Å². The first-order valence-electron chi connectivity index (χ1n) is 10.5. The molecule has 0 bridgehead atoms. The summed E-state index contributed by atoms with van der Waals surface area (Å²) < 4.78 is 35.1. The van der Waals surface area contributed by atoms with Gasteiger partial charge in [0.25, 0.3) is 0 Å². The van der Waals surface area contributed by atoms with Crippen LogP contribution in [-0.2, 0) is 44.6 Å². The summed E-state index contributed by atoms with van der Waals surface area (Å²) in [6.45, 7) is 2.99. The molecule has 4 rings (SSSR count). The van der Waals surface area contributed by atoms with Crippen LogP contribution in [0.25, 0.3) is 0 Å². The van der Waals surface area contributed by atoms with Gasteiger partial charge in [-0.25, -0.2) is 0 Å². The van der Waals surface area contributed by atoms with Gasteiger partial charge in [-0.1, -0.05) is 60.7 Å². The van der Waals surface area contributed by atoms with Crippen LogP contribution in [0.3, 0.4) is 0 Å². The van der Waals surface area contributed by atoms with Crippen LogP contribution in [0.5, 0.6) is 0 Å². The molecule has 2 saturated heterocycles. The van der Waals surface area contributed by atoms with Crippen molar-refractivity contribution in [3.8, 4) is 0 Å². The fourth-order valence-electron chi connectivity index (χ4n) is 3.86. The highest BCUT2D eigenvalue weighted by Gasteiger charge is 2.53. The van der Waals surface area contributed by atoms with Crippen LogP contribution in [0.1, 0.15) is 31.3 Å². The first-order chi connectivity index (χ1) is 15.5. The predicted molar refractivity (Wildman–Crippen MR) is 111 cm³/mol. The standard InChI is InChI=1S/C24H26O8/c1-15(25)29-21-20-19(14-28-23(32-20)18-11-7-4-8-12-18)31-24(22(21)30-16(2)26)27-13-17-9-5-3-6-10-17/h3-12,19-24H,13-14H2,1-2H3/t19-,20+,21-,22+,23+,24-/m1/s1. The van der Waals surface area contributed by atoms with Crippen LogP contribution in [0, 0.1) is 0 Å². The Morgan fingerprint density at radius 1 is 0.875 bits per heavy atom. The largest absolute Gasteiger partial charge is 0.455 e. The van der Waals surface area contributed by atoms with E-state index in [1.54, 1.807) is 0 Å². The van der Waals surface area contributed by atoms with E-state index in [1.807, 2.05) is 60.7 Å². The molecule has 32 heavy (non-hydrogen) atoms. The average molecular weight is 442 g/mol. The summed E-state index contributed by atoms with van der Waals surface area (Å²) >= 11 is 0. The van der Waals surface area contributed by atoms with Gasteiger partial charge in [0, 0.05) is 19.4 Å². The van der Waals surface area contributed by atoms with Crippen molar-refractivity contribution in [2.75, 3.05) is 6.61 Å². The van der Waals surface area contributed by atoms with Gasteiger partial charge in [0.05, 0.1) is 13.2 Å². The lowest BCUT2D eigenvalue weighted by Gasteiger charge is -2.48. The van der Waals surface area contributed by atoms with Gasteiger partial charge in [-0.05, 0) is 5.56 Å². The highest BCUT2D eigenvalue weighted by atomic mass is 16.8. The molecule has 0 amide bonds. The van der Waals surface area contributed by atoms with Gasteiger partial charge in [0.1, 0.15) is 12.2 Å². The van der Waals surface area contributed by atoms with E-state index >= 15 is 0 Å². The number of hydrogen-bond donors (Lipinski definition) is 0. The normalized spacial score (nSPS) is 29.6. The molecule has 8 nitrogen and oxygen atoms in total. The molecule has 0 saturated carbocycles. The van der Waals surface area contributed by atoms with E-state index < -0.39 is 48.9 Å². The molecule has 0 unspecified atom stereocenters. The van der Waals surface area contributed by atoms with E-state index in [9.17, 15) is 9.59 Å². The molecule has 0 radical (unpaired) electrons. The zero-order valence-electron chi connectivity index (χ0n) is 17.9. The molecule has 0 aliphatic carbocycles. The van der Waals surface area contributed by atoms with Crippen LogP contribution < -0.4 is 0 Å². The minimum absolute atomic E-state index is 0.194. The first-order valence-corrected chi connectivity index (χ1v) is 10.5. The van der Waals surface area contributed by atoms with Gasteiger partial charge in [-0.15, -0.1) is 0 Å². The van der Waals surface area contributed by atoms with Crippen LogP contribution in [-0.4, -0.2) is 49.3 Å². The van der Waals surface area contributed by atoms with Crippen molar-refractivity contribution in [2.45, 2.75) is 57.5 Å². The van der Waals surface area contributed by atoms with E-state index in [0.29, 0.717) is 0 Å². The third-order valence-electron chi connectivity index (χ3n) is 5.22. The van der Waals surface area contributed by atoms with Crippen molar-refractivity contribution in [1.29, 1.82) is 0 Å². The molecule has 2 fully saturated rings. The fraction of sp³-hybridized carbons (Fsp3) is 0.417. The van der Waals surface area contributed by atoms with Crippen LogP contribution in [0.2, 0.25) is 0 Å². The summed E-state index contributed by atoms with van der Waals surface area (Å²) in [5, 5.41) is 0. The van der Waals surface area contributed by atoms with Crippen LogP contribution in [0.15, 0.2) is 60.7 Å². The molecule has 6 atom stereocenters. The van der Waals surface area contributed by atoms with E-state index in [1.165, 1.54) is 13.8 Å². The zero-order valence-corrected chi connectivity index (χ0v) is 17.9. The molecule has 2 heterocycles. The Bertz CT molecular complexity index is 903. The molecule has 0 aromatic heterocycles. The maximum Gasteiger partial charge on any atom is 0.303 e. The van der Waals surface area contributed by atoms with Gasteiger partial charge in [0.2, 0.25) is 0 Å². The number of ether oxygens (including phenoxy) is 6. The molecule has 2 aliphatic rings. The quantitative estimate of drug-likeness (QED) is 0.631. The predicted octanol–water partition coefficient (Wildman–Crippen LogP) is 2.91. The fourth-order valence-corrected chi connectivity index (χ4v) is 3.86. The minimum Gasteiger partial charge on any atom is -0.455 e. The molecular formula is C24H26O8. The molecule has 2 aliphatic heterocycles. The van der Waals surface area contributed by atoms with Crippen molar-refractivity contribution in [2.24, 2.45) is 0 Å². The second kappa shape index (κ2) is 10.2. The number of carbonyl (C=O) groups is 2. The lowest BCUT2D eigenvalue weighted by Crippen LogP contribution is -2.64. The van der Waals surface area contributed by atoms with Crippen molar-refractivity contribution in [3.63, 3.8) is 0 Å². The van der Waals surface area contributed by atoms with Crippen molar-refractivity contribution < 1.29 is 38.0 Å². The zero-order chi connectivity index (χ0) is 22.5. The van der Waals surface area contributed by atoms with E-state index in [0.717, 1.165) is 11.1 Å². The van der Waals surface area contributed by atoms with Gasteiger partial charge >= 0.3 is 11.9 Å². The molecule has 2 aromatic rings. The second-order valence-corrected chi connectivity index (χ2v) is 7.66. The summed E-state index contributed by atoms with van der Waals surface area (Å²) in [6.07, 6.45) is -4.85. The summed E-state index contributed by atoms with van der Waals surface area (Å²) in [5.41, 5.74) is 1.74. The third kappa shape index (κ3) is 5.34. The van der Waals surface area contributed by atoms with E-state index in [4.69, 9.17) is 28.4 Å². The molecule has 2 aromatic carbocycles.